The molecule has 2 aliphatic rings. The Kier molecular flexibility index (Phi) is 4.55. The SMILES string of the molecule is CCCc1noc(C2CCN(C(=O)[C@H]3C[C@H]3c3ccccc3)CC2)n1. The van der Waals surface area contributed by atoms with Gasteiger partial charge in [0.05, 0.1) is 0 Å². The van der Waals surface area contributed by atoms with E-state index in [4.69, 9.17) is 4.52 Å². The zero-order valence-corrected chi connectivity index (χ0v) is 14.7. The van der Waals surface area contributed by atoms with E-state index in [1.54, 1.807) is 0 Å². The number of carbonyl (C=O) groups is 1. The van der Waals surface area contributed by atoms with Crippen molar-refractivity contribution < 1.29 is 9.32 Å². The van der Waals surface area contributed by atoms with Gasteiger partial charge in [-0.2, -0.15) is 4.98 Å². The lowest BCUT2D eigenvalue weighted by molar-refractivity contribution is -0.133. The van der Waals surface area contributed by atoms with Gasteiger partial charge in [-0.15, -0.1) is 0 Å². The maximum absolute atomic E-state index is 12.8. The third kappa shape index (κ3) is 3.46. The number of rotatable bonds is 5. The van der Waals surface area contributed by atoms with Gasteiger partial charge in [-0.25, -0.2) is 0 Å². The highest BCUT2D eigenvalue weighted by Gasteiger charge is 2.46. The molecule has 132 valence electrons. The number of hydrogen-bond acceptors (Lipinski definition) is 4. The highest BCUT2D eigenvalue weighted by Crippen LogP contribution is 2.48. The summed E-state index contributed by atoms with van der Waals surface area (Å²) in [6, 6.07) is 10.4. The first kappa shape index (κ1) is 16.3. The lowest BCUT2D eigenvalue weighted by Crippen LogP contribution is -2.39. The van der Waals surface area contributed by atoms with Gasteiger partial charge in [0.25, 0.3) is 0 Å². The molecular formula is C20H25N3O2. The van der Waals surface area contributed by atoms with Crippen LogP contribution in [0.4, 0.5) is 0 Å². The predicted molar refractivity (Wildman–Crippen MR) is 94.1 cm³/mol. The largest absolute Gasteiger partial charge is 0.342 e. The van der Waals surface area contributed by atoms with E-state index >= 15 is 0 Å². The average molecular weight is 339 g/mol. The van der Waals surface area contributed by atoms with Crippen molar-refractivity contribution in [2.75, 3.05) is 13.1 Å². The quantitative estimate of drug-likeness (QED) is 0.836. The molecule has 2 atom stereocenters. The fourth-order valence-corrected chi connectivity index (χ4v) is 3.88. The number of piperidine rings is 1. The maximum Gasteiger partial charge on any atom is 0.229 e. The molecule has 1 saturated heterocycles. The molecule has 2 fully saturated rings. The van der Waals surface area contributed by atoms with Crippen molar-refractivity contribution in [1.29, 1.82) is 0 Å². The van der Waals surface area contributed by atoms with E-state index in [1.165, 1.54) is 5.56 Å². The Bertz CT molecular complexity index is 720. The van der Waals surface area contributed by atoms with Crippen molar-refractivity contribution in [2.45, 2.75) is 50.9 Å². The van der Waals surface area contributed by atoms with E-state index in [9.17, 15) is 4.79 Å². The van der Waals surface area contributed by atoms with Gasteiger partial charge in [-0.1, -0.05) is 42.4 Å². The van der Waals surface area contributed by atoms with Crippen LogP contribution in [-0.2, 0) is 11.2 Å². The molecule has 1 aromatic heterocycles. The van der Waals surface area contributed by atoms with Gasteiger partial charge >= 0.3 is 0 Å². The number of benzene rings is 1. The van der Waals surface area contributed by atoms with Crippen molar-refractivity contribution in [2.24, 2.45) is 5.92 Å². The van der Waals surface area contributed by atoms with Gasteiger partial charge in [-0.05, 0) is 37.2 Å². The van der Waals surface area contributed by atoms with Gasteiger partial charge in [0.2, 0.25) is 11.8 Å². The van der Waals surface area contributed by atoms with E-state index in [-0.39, 0.29) is 5.92 Å². The van der Waals surface area contributed by atoms with Crippen molar-refractivity contribution in [3.63, 3.8) is 0 Å². The summed E-state index contributed by atoms with van der Waals surface area (Å²) in [6.07, 6.45) is 4.72. The highest BCUT2D eigenvalue weighted by atomic mass is 16.5. The van der Waals surface area contributed by atoms with E-state index in [2.05, 4.69) is 41.3 Å². The first-order chi connectivity index (χ1) is 12.3. The van der Waals surface area contributed by atoms with Crippen molar-refractivity contribution in [3.8, 4) is 0 Å². The van der Waals surface area contributed by atoms with Crippen molar-refractivity contribution in [1.82, 2.24) is 15.0 Å². The maximum atomic E-state index is 12.8. The van der Waals surface area contributed by atoms with Crippen LogP contribution in [0, 0.1) is 5.92 Å². The third-order valence-electron chi connectivity index (χ3n) is 5.45. The standard InChI is InChI=1S/C20H25N3O2/c1-2-6-18-21-19(25-22-18)15-9-11-23(12-10-15)20(24)17-13-16(17)14-7-4-3-5-8-14/h3-5,7-8,15-17H,2,6,9-13H2,1H3/t16-,17-/m0/s1. The Morgan fingerprint density at radius 3 is 2.72 bits per heavy atom. The highest BCUT2D eigenvalue weighted by molar-refractivity contribution is 5.83. The van der Waals surface area contributed by atoms with Crippen molar-refractivity contribution in [3.05, 3.63) is 47.6 Å². The number of aryl methyl sites for hydroxylation is 1. The minimum absolute atomic E-state index is 0.179. The van der Waals surface area contributed by atoms with Crippen LogP contribution in [0.2, 0.25) is 0 Å². The average Bonchev–Trinajstić information content (AvgIpc) is 3.33. The summed E-state index contributed by atoms with van der Waals surface area (Å²) >= 11 is 0. The summed E-state index contributed by atoms with van der Waals surface area (Å²) in [4.78, 5) is 19.3. The Morgan fingerprint density at radius 2 is 2.00 bits per heavy atom. The zero-order valence-electron chi connectivity index (χ0n) is 14.7. The molecule has 5 nitrogen and oxygen atoms in total. The second kappa shape index (κ2) is 6.98. The van der Waals surface area contributed by atoms with Crippen LogP contribution in [0.5, 0.6) is 0 Å². The predicted octanol–water partition coefficient (Wildman–Crippen LogP) is 3.53. The number of hydrogen-bond donors (Lipinski definition) is 0. The normalized spacial score (nSPS) is 23.6. The second-order valence-electron chi connectivity index (χ2n) is 7.26. The van der Waals surface area contributed by atoms with Gasteiger partial charge in [0, 0.05) is 31.3 Å². The number of carbonyl (C=O) groups excluding carboxylic acids is 1. The zero-order chi connectivity index (χ0) is 17.2. The van der Waals surface area contributed by atoms with Crippen LogP contribution in [0.3, 0.4) is 0 Å². The molecule has 5 heteroatoms. The molecule has 2 aromatic rings. The molecule has 1 aliphatic carbocycles. The van der Waals surface area contributed by atoms with E-state index < -0.39 is 0 Å². The second-order valence-corrected chi connectivity index (χ2v) is 7.26. The molecule has 1 amide bonds. The van der Waals surface area contributed by atoms with E-state index in [0.717, 1.165) is 56.9 Å². The molecule has 0 spiro atoms. The monoisotopic (exact) mass is 339 g/mol. The molecule has 1 aliphatic heterocycles. The Labute approximate surface area is 148 Å². The first-order valence-electron chi connectivity index (χ1n) is 9.42. The molecule has 1 aromatic carbocycles. The Balaban J connectivity index is 1.31. The van der Waals surface area contributed by atoms with Crippen LogP contribution in [-0.4, -0.2) is 34.0 Å². The molecular weight excluding hydrogens is 314 g/mol. The lowest BCUT2D eigenvalue weighted by Gasteiger charge is -2.30. The molecule has 0 radical (unpaired) electrons. The molecule has 25 heavy (non-hydrogen) atoms. The summed E-state index contributed by atoms with van der Waals surface area (Å²) in [5.74, 6) is 2.78. The summed E-state index contributed by atoms with van der Waals surface area (Å²) < 4.78 is 5.42. The minimum Gasteiger partial charge on any atom is -0.342 e. The summed E-state index contributed by atoms with van der Waals surface area (Å²) in [5.41, 5.74) is 1.30. The summed E-state index contributed by atoms with van der Waals surface area (Å²) in [6.45, 7) is 3.71. The Hall–Kier alpha value is -2.17. The van der Waals surface area contributed by atoms with Gasteiger partial charge in [0.1, 0.15) is 0 Å². The fourth-order valence-electron chi connectivity index (χ4n) is 3.88. The van der Waals surface area contributed by atoms with E-state index in [1.807, 2.05) is 11.0 Å². The smallest absolute Gasteiger partial charge is 0.229 e. The molecule has 1 saturated carbocycles. The molecule has 2 heterocycles. The molecule has 0 N–H and O–H groups in total. The van der Waals surface area contributed by atoms with Crippen LogP contribution >= 0.6 is 0 Å². The molecule has 0 unspecified atom stereocenters. The number of nitrogens with zero attached hydrogens (tertiary/aromatic N) is 3. The molecule has 4 rings (SSSR count). The summed E-state index contributed by atoms with van der Waals surface area (Å²) in [5, 5.41) is 4.05. The summed E-state index contributed by atoms with van der Waals surface area (Å²) in [7, 11) is 0. The van der Waals surface area contributed by atoms with Crippen molar-refractivity contribution >= 4 is 5.91 Å². The lowest BCUT2D eigenvalue weighted by atomic mass is 9.96. The van der Waals surface area contributed by atoms with Gasteiger partial charge in [0.15, 0.2) is 5.82 Å². The van der Waals surface area contributed by atoms with Crippen LogP contribution in [0.1, 0.15) is 61.7 Å². The molecule has 0 bridgehead atoms. The Morgan fingerprint density at radius 1 is 1.24 bits per heavy atom. The minimum atomic E-state index is 0.179. The first-order valence-corrected chi connectivity index (χ1v) is 9.42. The third-order valence-corrected chi connectivity index (χ3v) is 5.45. The van der Waals surface area contributed by atoms with Gasteiger partial charge < -0.3 is 9.42 Å². The van der Waals surface area contributed by atoms with E-state index in [0.29, 0.717) is 17.7 Å². The van der Waals surface area contributed by atoms with Crippen LogP contribution in [0.15, 0.2) is 34.9 Å². The fraction of sp³-hybridized carbons (Fsp3) is 0.550. The van der Waals surface area contributed by atoms with Gasteiger partial charge in [-0.3, -0.25) is 4.79 Å². The number of likely N-dealkylation sites (tertiary alicyclic amines) is 1. The number of aromatic nitrogens is 2. The van der Waals surface area contributed by atoms with Crippen LogP contribution in [0.25, 0.3) is 0 Å². The van der Waals surface area contributed by atoms with Crippen LogP contribution < -0.4 is 0 Å². The topological polar surface area (TPSA) is 59.2 Å². The number of amides is 1.